The van der Waals surface area contributed by atoms with Crippen LogP contribution in [0.3, 0.4) is 0 Å². The first kappa shape index (κ1) is 27.7. The number of nitrogens with one attached hydrogen (secondary N) is 1. The number of nitrogens with zero attached hydrogens (tertiary/aromatic N) is 3. The van der Waals surface area contributed by atoms with Crippen molar-refractivity contribution in [3.8, 4) is 0 Å². The average molecular weight is 581 g/mol. The Kier molecular flexibility index (Phi) is 8.28. The molecule has 42 heavy (non-hydrogen) atoms. The van der Waals surface area contributed by atoms with E-state index in [0.29, 0.717) is 29.3 Å². The predicted octanol–water partition coefficient (Wildman–Crippen LogP) is 5.97. The molecule has 1 aliphatic carbocycles. The number of amides is 3. The molecule has 3 aromatic carbocycles. The van der Waals surface area contributed by atoms with Gasteiger partial charge in [-0.05, 0) is 67.0 Å². The van der Waals surface area contributed by atoms with Crippen LogP contribution in [0.25, 0.3) is 0 Å². The fourth-order valence-corrected chi connectivity index (χ4v) is 5.99. The largest absolute Gasteiger partial charge is 0.445 e. The van der Waals surface area contributed by atoms with Crippen molar-refractivity contribution in [3.63, 3.8) is 0 Å². The molecule has 2 unspecified atom stereocenters. The summed E-state index contributed by atoms with van der Waals surface area (Å²) in [5.41, 5.74) is 3.16. The molecular weight excluding hydrogens is 548 g/mol. The second-order valence-corrected chi connectivity index (χ2v) is 11.7. The molecule has 9 heteroatoms. The lowest BCUT2D eigenvalue weighted by Crippen LogP contribution is -2.46. The van der Waals surface area contributed by atoms with Crippen molar-refractivity contribution >= 4 is 40.1 Å². The molecule has 1 N–H and O–H groups in total. The average Bonchev–Trinajstić information content (AvgIpc) is 3.48. The SMILES string of the molecule is O=C(NC1CC1)c1ccc(N(C(=O)C2CC(Cc3ccccc3)CN2C(=O)OCc2ccccc2)c2nccs2)cc1. The molecule has 2 aliphatic rings. The van der Waals surface area contributed by atoms with Crippen LogP contribution in [0.2, 0.25) is 0 Å². The topological polar surface area (TPSA) is 91.8 Å². The van der Waals surface area contributed by atoms with Crippen molar-refractivity contribution in [2.45, 2.75) is 44.4 Å². The Labute approximate surface area is 248 Å². The van der Waals surface area contributed by atoms with Gasteiger partial charge in [0.25, 0.3) is 11.8 Å². The van der Waals surface area contributed by atoms with Crippen molar-refractivity contribution in [1.82, 2.24) is 15.2 Å². The molecule has 0 spiro atoms. The van der Waals surface area contributed by atoms with E-state index in [2.05, 4.69) is 22.4 Å². The summed E-state index contributed by atoms with van der Waals surface area (Å²) in [4.78, 5) is 47.9. The Balaban J connectivity index is 1.25. The van der Waals surface area contributed by atoms with Crippen LogP contribution < -0.4 is 10.2 Å². The summed E-state index contributed by atoms with van der Waals surface area (Å²) in [6.45, 7) is 0.534. The lowest BCUT2D eigenvalue weighted by Gasteiger charge is -2.28. The highest BCUT2D eigenvalue weighted by atomic mass is 32.1. The molecule has 4 aromatic rings. The normalized spacial score (nSPS) is 18.0. The molecule has 8 nitrogen and oxygen atoms in total. The van der Waals surface area contributed by atoms with Gasteiger partial charge in [-0.2, -0.15) is 0 Å². The summed E-state index contributed by atoms with van der Waals surface area (Å²) in [5, 5.41) is 5.30. The van der Waals surface area contributed by atoms with Gasteiger partial charge in [0.05, 0.1) is 5.69 Å². The quantitative estimate of drug-likeness (QED) is 0.263. The number of rotatable bonds is 9. The summed E-state index contributed by atoms with van der Waals surface area (Å²) in [7, 11) is 0. The Morgan fingerprint density at radius 3 is 2.26 bits per heavy atom. The molecule has 1 saturated heterocycles. The number of hydrogen-bond donors (Lipinski definition) is 1. The van der Waals surface area contributed by atoms with Gasteiger partial charge < -0.3 is 10.1 Å². The molecule has 1 aromatic heterocycles. The summed E-state index contributed by atoms with van der Waals surface area (Å²) in [5.74, 6) is -0.298. The third-order valence-corrected chi connectivity index (χ3v) is 8.37. The van der Waals surface area contributed by atoms with Crippen molar-refractivity contribution in [2.75, 3.05) is 11.4 Å². The van der Waals surface area contributed by atoms with E-state index in [1.54, 1.807) is 40.3 Å². The first-order valence-corrected chi connectivity index (χ1v) is 15.1. The van der Waals surface area contributed by atoms with Crippen LogP contribution >= 0.6 is 11.3 Å². The monoisotopic (exact) mass is 580 g/mol. The summed E-state index contributed by atoms with van der Waals surface area (Å²) in [6, 6.07) is 26.1. The molecule has 0 bridgehead atoms. The number of thiazole rings is 1. The van der Waals surface area contributed by atoms with Crippen molar-refractivity contribution in [2.24, 2.45) is 5.92 Å². The molecule has 2 fully saturated rings. The first-order valence-electron chi connectivity index (χ1n) is 14.2. The van der Waals surface area contributed by atoms with Gasteiger partial charge in [-0.15, -0.1) is 11.3 Å². The summed E-state index contributed by atoms with van der Waals surface area (Å²) < 4.78 is 5.70. The van der Waals surface area contributed by atoms with Gasteiger partial charge in [0.15, 0.2) is 5.13 Å². The third kappa shape index (κ3) is 6.52. The van der Waals surface area contributed by atoms with Gasteiger partial charge in [0.2, 0.25) is 0 Å². The van der Waals surface area contributed by atoms with Crippen LogP contribution in [0, 0.1) is 5.92 Å². The molecule has 3 amide bonds. The first-order chi connectivity index (χ1) is 20.5. The van der Waals surface area contributed by atoms with Crippen LogP contribution in [0.15, 0.2) is 96.5 Å². The van der Waals surface area contributed by atoms with E-state index >= 15 is 0 Å². The Hall–Kier alpha value is -4.50. The number of aromatic nitrogens is 1. The van der Waals surface area contributed by atoms with Crippen LogP contribution in [-0.2, 0) is 22.6 Å². The van der Waals surface area contributed by atoms with E-state index in [9.17, 15) is 14.4 Å². The van der Waals surface area contributed by atoms with Gasteiger partial charge in [-0.3, -0.25) is 19.4 Å². The number of anilines is 2. The van der Waals surface area contributed by atoms with Crippen molar-refractivity contribution in [1.29, 1.82) is 0 Å². The lowest BCUT2D eigenvalue weighted by molar-refractivity contribution is -0.121. The maximum absolute atomic E-state index is 14.4. The maximum Gasteiger partial charge on any atom is 0.410 e. The van der Waals surface area contributed by atoms with Crippen LogP contribution in [-0.4, -0.2) is 46.4 Å². The molecule has 0 radical (unpaired) electrons. The highest BCUT2D eigenvalue weighted by molar-refractivity contribution is 7.13. The zero-order valence-electron chi connectivity index (χ0n) is 23.1. The fraction of sp³-hybridized carbons (Fsp3) is 0.273. The highest BCUT2D eigenvalue weighted by Crippen LogP contribution is 2.34. The molecule has 1 aliphatic heterocycles. The van der Waals surface area contributed by atoms with Gasteiger partial charge in [-0.1, -0.05) is 60.7 Å². The minimum atomic E-state index is -0.733. The Bertz CT molecular complexity index is 1510. The smallest absolute Gasteiger partial charge is 0.410 e. The Morgan fingerprint density at radius 2 is 1.62 bits per heavy atom. The molecular formula is C33H32N4O4S. The van der Waals surface area contributed by atoms with Crippen molar-refractivity contribution in [3.05, 3.63) is 113 Å². The van der Waals surface area contributed by atoms with Crippen LogP contribution in [0.4, 0.5) is 15.6 Å². The summed E-state index contributed by atoms with van der Waals surface area (Å²) >= 11 is 1.34. The molecule has 214 valence electrons. The molecule has 1 saturated carbocycles. The van der Waals surface area contributed by atoms with Gasteiger partial charge in [-0.25, -0.2) is 9.78 Å². The molecule has 2 heterocycles. The van der Waals surface area contributed by atoms with E-state index in [1.165, 1.54) is 11.3 Å². The van der Waals surface area contributed by atoms with Crippen molar-refractivity contribution < 1.29 is 19.1 Å². The second kappa shape index (κ2) is 12.6. The zero-order valence-corrected chi connectivity index (χ0v) is 23.9. The highest BCUT2D eigenvalue weighted by Gasteiger charge is 2.43. The number of carbonyl (C=O) groups excluding carboxylic acids is 3. The van der Waals surface area contributed by atoms with Crippen LogP contribution in [0.1, 0.15) is 40.7 Å². The summed E-state index contributed by atoms with van der Waals surface area (Å²) in [6.07, 6.45) is 4.39. The number of hydrogen-bond acceptors (Lipinski definition) is 6. The zero-order chi connectivity index (χ0) is 28.9. The standard InChI is InChI=1S/C33H32N4O4S/c38-30(35-27-13-14-27)26-11-15-28(16-12-26)37(32-34-17-18-42-32)31(39)29-20-25(19-23-7-3-1-4-8-23)21-36(29)33(40)41-22-24-9-5-2-6-10-24/h1-12,15-18,25,27,29H,13-14,19-22H2,(H,35,38). The Morgan fingerprint density at radius 1 is 0.929 bits per heavy atom. The maximum atomic E-state index is 14.4. The van der Waals surface area contributed by atoms with E-state index in [4.69, 9.17) is 4.74 Å². The minimum Gasteiger partial charge on any atom is -0.445 e. The fourth-order valence-electron chi connectivity index (χ4n) is 5.32. The second-order valence-electron chi connectivity index (χ2n) is 10.8. The van der Waals surface area contributed by atoms with Gasteiger partial charge >= 0.3 is 6.09 Å². The third-order valence-electron chi connectivity index (χ3n) is 7.61. The predicted molar refractivity (Wildman–Crippen MR) is 162 cm³/mol. The molecule has 6 rings (SSSR count). The van der Waals surface area contributed by atoms with E-state index in [0.717, 1.165) is 30.4 Å². The van der Waals surface area contributed by atoms with E-state index in [1.807, 2.05) is 53.9 Å². The number of benzene rings is 3. The lowest BCUT2D eigenvalue weighted by atomic mass is 9.96. The van der Waals surface area contributed by atoms with Crippen LogP contribution in [0.5, 0.6) is 0 Å². The minimum absolute atomic E-state index is 0.0808. The van der Waals surface area contributed by atoms with E-state index in [-0.39, 0.29) is 30.4 Å². The number of likely N-dealkylation sites (tertiary alicyclic amines) is 1. The number of carbonyl (C=O) groups is 3. The number of ether oxygens (including phenoxy) is 1. The molecule has 2 atom stereocenters. The van der Waals surface area contributed by atoms with E-state index < -0.39 is 12.1 Å². The van der Waals surface area contributed by atoms with Gasteiger partial charge in [0.1, 0.15) is 12.6 Å². The van der Waals surface area contributed by atoms with Gasteiger partial charge in [0, 0.05) is 29.7 Å².